The second kappa shape index (κ2) is 6.09. The highest BCUT2D eigenvalue weighted by Crippen LogP contribution is 2.22. The molecule has 0 saturated carbocycles. The molecule has 1 aromatic heterocycles. The zero-order valence-corrected chi connectivity index (χ0v) is 11.7. The van der Waals surface area contributed by atoms with Crippen LogP contribution in [0.3, 0.4) is 0 Å². The van der Waals surface area contributed by atoms with Crippen molar-refractivity contribution >= 4 is 11.3 Å². The molecular formula is C14H19N3S. The summed E-state index contributed by atoms with van der Waals surface area (Å²) in [7, 11) is 4.08. The molecule has 0 fully saturated rings. The summed E-state index contributed by atoms with van der Waals surface area (Å²) in [4.78, 5) is 6.76. The van der Waals surface area contributed by atoms with Crippen LogP contribution < -0.4 is 5.73 Å². The van der Waals surface area contributed by atoms with Gasteiger partial charge in [-0.2, -0.15) is 0 Å². The number of nitrogens with zero attached hydrogens (tertiary/aromatic N) is 2. The lowest BCUT2D eigenvalue weighted by Crippen LogP contribution is -2.34. The maximum absolute atomic E-state index is 6.08. The fraction of sp³-hybridized carbons (Fsp3) is 0.357. The molecule has 1 atom stereocenters. The molecule has 0 aliphatic carbocycles. The number of likely N-dealkylation sites (N-methyl/N-ethyl adjacent to an activating group) is 1. The van der Waals surface area contributed by atoms with Gasteiger partial charge in [0.2, 0.25) is 0 Å². The van der Waals surface area contributed by atoms with Gasteiger partial charge < -0.3 is 10.6 Å². The van der Waals surface area contributed by atoms with Crippen molar-refractivity contribution in [2.75, 3.05) is 20.6 Å². The number of hydrogen-bond acceptors (Lipinski definition) is 4. The van der Waals surface area contributed by atoms with Gasteiger partial charge in [-0.3, -0.25) is 0 Å². The van der Waals surface area contributed by atoms with Gasteiger partial charge in [0.15, 0.2) is 0 Å². The molecule has 2 N–H and O–H groups in total. The Morgan fingerprint density at radius 1 is 1.28 bits per heavy atom. The van der Waals surface area contributed by atoms with Gasteiger partial charge in [-0.1, -0.05) is 30.3 Å². The van der Waals surface area contributed by atoms with Crippen molar-refractivity contribution in [3.63, 3.8) is 0 Å². The largest absolute Gasteiger partial charge is 0.326 e. The Morgan fingerprint density at radius 2 is 2.00 bits per heavy atom. The van der Waals surface area contributed by atoms with E-state index in [2.05, 4.69) is 27.4 Å². The van der Waals surface area contributed by atoms with Crippen molar-refractivity contribution in [1.29, 1.82) is 0 Å². The first kappa shape index (κ1) is 13.2. The third kappa shape index (κ3) is 3.63. The van der Waals surface area contributed by atoms with E-state index in [0.717, 1.165) is 23.7 Å². The first-order valence-electron chi connectivity index (χ1n) is 6.05. The predicted molar refractivity (Wildman–Crippen MR) is 77.8 cm³/mol. The van der Waals surface area contributed by atoms with Gasteiger partial charge in [-0.25, -0.2) is 4.98 Å². The molecule has 0 amide bonds. The minimum absolute atomic E-state index is 0.148. The highest BCUT2D eigenvalue weighted by atomic mass is 32.1. The first-order valence-corrected chi connectivity index (χ1v) is 6.93. The van der Waals surface area contributed by atoms with Crippen LogP contribution in [0.25, 0.3) is 11.3 Å². The Balaban J connectivity index is 2.03. The third-order valence-corrected chi connectivity index (χ3v) is 3.53. The van der Waals surface area contributed by atoms with Crippen LogP contribution in [0.5, 0.6) is 0 Å². The summed E-state index contributed by atoms with van der Waals surface area (Å²) in [5, 5.41) is 3.22. The van der Waals surface area contributed by atoms with Crippen LogP contribution in [-0.2, 0) is 6.42 Å². The average Bonchev–Trinajstić information content (AvgIpc) is 2.77. The summed E-state index contributed by atoms with van der Waals surface area (Å²) in [6.07, 6.45) is 0.843. The molecule has 3 nitrogen and oxygen atoms in total. The van der Waals surface area contributed by atoms with E-state index in [0.29, 0.717) is 0 Å². The van der Waals surface area contributed by atoms with E-state index in [9.17, 15) is 0 Å². The number of hydrogen-bond donors (Lipinski definition) is 1. The Bertz CT molecular complexity index is 479. The molecule has 2 rings (SSSR count). The van der Waals surface area contributed by atoms with Gasteiger partial charge in [0, 0.05) is 30.0 Å². The van der Waals surface area contributed by atoms with Gasteiger partial charge >= 0.3 is 0 Å². The van der Waals surface area contributed by atoms with E-state index in [1.54, 1.807) is 11.3 Å². The maximum Gasteiger partial charge on any atom is 0.0948 e. The number of aromatic nitrogens is 1. The van der Waals surface area contributed by atoms with E-state index in [4.69, 9.17) is 5.73 Å². The molecule has 0 bridgehead atoms. The zero-order valence-electron chi connectivity index (χ0n) is 10.8. The summed E-state index contributed by atoms with van der Waals surface area (Å²) >= 11 is 1.69. The van der Waals surface area contributed by atoms with Gasteiger partial charge in [0.1, 0.15) is 0 Å². The molecule has 1 heterocycles. The molecule has 0 spiro atoms. The number of thiazole rings is 1. The molecule has 18 heavy (non-hydrogen) atoms. The van der Waals surface area contributed by atoms with Crippen molar-refractivity contribution < 1.29 is 0 Å². The molecule has 1 unspecified atom stereocenters. The lowest BCUT2D eigenvalue weighted by atomic mass is 10.2. The van der Waals surface area contributed by atoms with Crippen molar-refractivity contribution in [2.45, 2.75) is 12.5 Å². The Kier molecular flexibility index (Phi) is 4.47. The lowest BCUT2D eigenvalue weighted by Gasteiger charge is -2.15. The van der Waals surface area contributed by atoms with Crippen LogP contribution in [0.15, 0.2) is 35.7 Å². The topological polar surface area (TPSA) is 42.1 Å². The quantitative estimate of drug-likeness (QED) is 0.897. The Labute approximate surface area is 112 Å². The fourth-order valence-electron chi connectivity index (χ4n) is 1.90. The van der Waals surface area contributed by atoms with Crippen molar-refractivity contribution in [3.8, 4) is 11.3 Å². The van der Waals surface area contributed by atoms with Crippen LogP contribution in [0.4, 0.5) is 0 Å². The molecule has 96 valence electrons. The third-order valence-electron chi connectivity index (χ3n) is 2.66. The Hall–Kier alpha value is -1.23. The number of rotatable bonds is 5. The van der Waals surface area contributed by atoms with E-state index in [1.807, 2.05) is 32.3 Å². The molecule has 4 heteroatoms. The maximum atomic E-state index is 6.08. The minimum atomic E-state index is 0.148. The van der Waals surface area contributed by atoms with E-state index >= 15 is 0 Å². The van der Waals surface area contributed by atoms with E-state index in [1.165, 1.54) is 5.56 Å². The number of benzene rings is 1. The minimum Gasteiger partial charge on any atom is -0.326 e. The lowest BCUT2D eigenvalue weighted by molar-refractivity contribution is 0.371. The molecule has 0 aliphatic heterocycles. The highest BCUT2D eigenvalue weighted by Gasteiger charge is 2.09. The van der Waals surface area contributed by atoms with Crippen LogP contribution in [0.1, 0.15) is 5.01 Å². The van der Waals surface area contributed by atoms with Gasteiger partial charge in [-0.05, 0) is 14.1 Å². The van der Waals surface area contributed by atoms with Gasteiger partial charge in [-0.15, -0.1) is 11.3 Å². The Morgan fingerprint density at radius 3 is 2.67 bits per heavy atom. The van der Waals surface area contributed by atoms with E-state index in [-0.39, 0.29) is 6.04 Å². The predicted octanol–water partition coefficient (Wildman–Crippen LogP) is 2.24. The van der Waals surface area contributed by atoms with Crippen LogP contribution in [0, 0.1) is 0 Å². The smallest absolute Gasteiger partial charge is 0.0948 e. The summed E-state index contributed by atoms with van der Waals surface area (Å²) in [6.45, 7) is 0.889. The van der Waals surface area contributed by atoms with Crippen LogP contribution in [0.2, 0.25) is 0 Å². The zero-order chi connectivity index (χ0) is 13.0. The second-order valence-electron chi connectivity index (χ2n) is 4.72. The molecule has 1 aromatic carbocycles. The van der Waals surface area contributed by atoms with Crippen molar-refractivity contribution in [1.82, 2.24) is 9.88 Å². The monoisotopic (exact) mass is 261 g/mol. The van der Waals surface area contributed by atoms with E-state index < -0.39 is 0 Å². The average molecular weight is 261 g/mol. The normalized spacial score (nSPS) is 12.9. The summed E-state index contributed by atoms with van der Waals surface area (Å²) in [6, 6.07) is 10.4. The molecule has 0 radical (unpaired) electrons. The molecule has 2 aromatic rings. The van der Waals surface area contributed by atoms with Crippen LogP contribution in [-0.4, -0.2) is 36.6 Å². The van der Waals surface area contributed by atoms with Gasteiger partial charge in [0.05, 0.1) is 10.7 Å². The molecule has 0 saturated heterocycles. The number of nitrogens with two attached hydrogens (primary N) is 1. The highest BCUT2D eigenvalue weighted by molar-refractivity contribution is 7.09. The summed E-state index contributed by atoms with van der Waals surface area (Å²) in [5.41, 5.74) is 8.30. The molecular weight excluding hydrogens is 242 g/mol. The van der Waals surface area contributed by atoms with Gasteiger partial charge in [0.25, 0.3) is 0 Å². The fourth-order valence-corrected chi connectivity index (χ4v) is 2.80. The first-order chi connectivity index (χ1) is 8.65. The molecule has 0 aliphatic rings. The van der Waals surface area contributed by atoms with Crippen LogP contribution >= 0.6 is 11.3 Å². The SMILES string of the molecule is CN(C)CC(N)Cc1nc(-c2ccccc2)cs1. The van der Waals surface area contributed by atoms with Crippen molar-refractivity contribution in [3.05, 3.63) is 40.7 Å². The van der Waals surface area contributed by atoms with Crippen molar-refractivity contribution in [2.24, 2.45) is 5.73 Å². The summed E-state index contributed by atoms with van der Waals surface area (Å²) < 4.78 is 0. The second-order valence-corrected chi connectivity index (χ2v) is 5.66. The standard InChI is InChI=1S/C14H19N3S/c1-17(2)9-12(15)8-14-16-13(10-18-14)11-6-4-3-5-7-11/h3-7,10,12H,8-9,15H2,1-2H3. The summed E-state index contributed by atoms with van der Waals surface area (Å²) in [5.74, 6) is 0.